The number of rotatable bonds is 3. The van der Waals surface area contributed by atoms with Crippen LogP contribution in [-0.4, -0.2) is 20.6 Å². The van der Waals surface area contributed by atoms with Gasteiger partial charge in [0.25, 0.3) is 0 Å². The zero-order valence-electron chi connectivity index (χ0n) is 9.26. The fourth-order valence-corrected chi connectivity index (χ4v) is 2.38. The first-order chi connectivity index (χ1) is 7.93. The highest BCUT2D eigenvalue weighted by molar-refractivity contribution is 5.36. The van der Waals surface area contributed by atoms with E-state index in [1.165, 1.54) is 25.7 Å². The summed E-state index contributed by atoms with van der Waals surface area (Å²) in [4.78, 5) is 0. The van der Waals surface area contributed by atoms with E-state index >= 15 is 0 Å². The molecule has 84 valence electrons. The molecular weight excluding hydrogens is 200 g/mol. The Hall–Kier alpha value is -1.42. The topological polar surface area (TPSA) is 42.2 Å². The van der Waals surface area contributed by atoms with Crippen molar-refractivity contribution in [2.75, 3.05) is 0 Å². The van der Waals surface area contributed by atoms with Crippen LogP contribution in [0.4, 0.5) is 0 Å². The summed E-state index contributed by atoms with van der Waals surface area (Å²) in [7, 11) is 0. The fourth-order valence-electron chi connectivity index (χ4n) is 2.38. The van der Waals surface area contributed by atoms with Gasteiger partial charge in [-0.1, -0.05) is 18.9 Å². The Bertz CT molecular complexity index is 471. The number of nitrogens with zero attached hydrogens (tertiary/aromatic N) is 3. The van der Waals surface area contributed by atoms with Gasteiger partial charge in [0.1, 0.15) is 0 Å². The van der Waals surface area contributed by atoms with Crippen molar-refractivity contribution >= 4 is 5.65 Å². The standard InChI is InChI=1S/C12H16N4/c1-2-6-10(5-1)13-9-12-15-14-11-7-3-4-8-16(11)12/h3-4,7-8,10,13H,1-2,5-6,9H2. The van der Waals surface area contributed by atoms with Crippen LogP contribution in [0.25, 0.3) is 5.65 Å². The smallest absolute Gasteiger partial charge is 0.160 e. The average molecular weight is 216 g/mol. The third-order valence-electron chi connectivity index (χ3n) is 3.29. The van der Waals surface area contributed by atoms with E-state index in [1.54, 1.807) is 0 Å². The summed E-state index contributed by atoms with van der Waals surface area (Å²) in [6.07, 6.45) is 7.34. The van der Waals surface area contributed by atoms with Crippen LogP contribution in [0.1, 0.15) is 31.5 Å². The predicted octanol–water partition coefficient (Wildman–Crippen LogP) is 1.76. The van der Waals surface area contributed by atoms with Crippen LogP contribution in [0.3, 0.4) is 0 Å². The Kier molecular flexibility index (Phi) is 2.58. The lowest BCUT2D eigenvalue weighted by Gasteiger charge is -2.10. The molecule has 3 rings (SSSR count). The largest absolute Gasteiger partial charge is 0.307 e. The molecule has 2 aromatic rings. The third kappa shape index (κ3) is 1.80. The van der Waals surface area contributed by atoms with Crippen LogP contribution in [0.5, 0.6) is 0 Å². The van der Waals surface area contributed by atoms with Crippen molar-refractivity contribution in [2.45, 2.75) is 38.3 Å². The lowest BCUT2D eigenvalue weighted by molar-refractivity contribution is 0.512. The zero-order valence-corrected chi connectivity index (χ0v) is 9.26. The molecular formula is C12H16N4. The molecule has 1 N–H and O–H groups in total. The first kappa shape index (κ1) is 9.78. The minimum atomic E-state index is 0.677. The number of pyridine rings is 1. The van der Waals surface area contributed by atoms with Crippen molar-refractivity contribution in [2.24, 2.45) is 0 Å². The first-order valence-electron chi connectivity index (χ1n) is 5.95. The average Bonchev–Trinajstić information content (AvgIpc) is 2.96. The van der Waals surface area contributed by atoms with Crippen molar-refractivity contribution in [3.05, 3.63) is 30.2 Å². The Balaban J connectivity index is 1.73. The van der Waals surface area contributed by atoms with Gasteiger partial charge in [-0.15, -0.1) is 10.2 Å². The zero-order chi connectivity index (χ0) is 10.8. The maximum atomic E-state index is 4.21. The molecule has 0 radical (unpaired) electrons. The van der Waals surface area contributed by atoms with Crippen LogP contribution in [0.2, 0.25) is 0 Å². The molecule has 2 heterocycles. The van der Waals surface area contributed by atoms with Crippen molar-refractivity contribution in [1.82, 2.24) is 19.9 Å². The van der Waals surface area contributed by atoms with Gasteiger partial charge in [-0.3, -0.25) is 4.40 Å². The van der Waals surface area contributed by atoms with Gasteiger partial charge in [0, 0.05) is 12.2 Å². The van der Waals surface area contributed by atoms with Gasteiger partial charge >= 0.3 is 0 Å². The number of aromatic nitrogens is 3. The number of hydrogen-bond acceptors (Lipinski definition) is 3. The maximum Gasteiger partial charge on any atom is 0.160 e. The third-order valence-corrected chi connectivity index (χ3v) is 3.29. The van der Waals surface area contributed by atoms with Gasteiger partial charge in [0.15, 0.2) is 11.5 Å². The molecule has 1 aliphatic rings. The highest BCUT2D eigenvalue weighted by atomic mass is 15.3. The van der Waals surface area contributed by atoms with Crippen molar-refractivity contribution in [3.63, 3.8) is 0 Å². The van der Waals surface area contributed by atoms with Crippen molar-refractivity contribution in [3.8, 4) is 0 Å². The first-order valence-corrected chi connectivity index (χ1v) is 5.95. The molecule has 16 heavy (non-hydrogen) atoms. The molecule has 1 fully saturated rings. The Morgan fingerprint density at radius 1 is 1.25 bits per heavy atom. The molecule has 0 aliphatic heterocycles. The van der Waals surface area contributed by atoms with E-state index < -0.39 is 0 Å². The second-order valence-corrected chi connectivity index (χ2v) is 4.41. The second kappa shape index (κ2) is 4.22. The second-order valence-electron chi connectivity index (χ2n) is 4.41. The Labute approximate surface area is 94.7 Å². The van der Waals surface area contributed by atoms with Crippen molar-refractivity contribution in [1.29, 1.82) is 0 Å². The van der Waals surface area contributed by atoms with Gasteiger partial charge < -0.3 is 5.32 Å². The summed E-state index contributed by atoms with van der Waals surface area (Å²) in [5.41, 5.74) is 0.922. The monoisotopic (exact) mass is 216 g/mol. The summed E-state index contributed by atoms with van der Waals surface area (Å²) in [5, 5.41) is 11.9. The van der Waals surface area contributed by atoms with Gasteiger partial charge in [0.05, 0.1) is 6.54 Å². The number of fused-ring (bicyclic) bond motifs is 1. The minimum absolute atomic E-state index is 0.677. The molecule has 0 amide bonds. The van der Waals surface area contributed by atoms with Crippen LogP contribution in [0, 0.1) is 0 Å². The molecule has 0 unspecified atom stereocenters. The summed E-state index contributed by atoms with van der Waals surface area (Å²) in [5.74, 6) is 1.00. The van der Waals surface area contributed by atoms with Gasteiger partial charge in [-0.2, -0.15) is 0 Å². The molecule has 0 bridgehead atoms. The highest BCUT2D eigenvalue weighted by Crippen LogP contribution is 2.17. The van der Waals surface area contributed by atoms with Crippen LogP contribution in [-0.2, 0) is 6.54 Å². The van der Waals surface area contributed by atoms with Crippen LogP contribution >= 0.6 is 0 Å². The van der Waals surface area contributed by atoms with Gasteiger partial charge in [-0.05, 0) is 25.0 Å². The predicted molar refractivity (Wildman–Crippen MR) is 62.1 cm³/mol. The molecule has 0 aromatic carbocycles. The Morgan fingerprint density at radius 3 is 3.00 bits per heavy atom. The molecule has 1 saturated carbocycles. The summed E-state index contributed by atoms with van der Waals surface area (Å²) in [6, 6.07) is 6.65. The van der Waals surface area contributed by atoms with Crippen LogP contribution < -0.4 is 5.32 Å². The van der Waals surface area contributed by atoms with E-state index in [9.17, 15) is 0 Å². The SMILES string of the molecule is c1ccn2c(CNC3CCCC3)nnc2c1. The molecule has 0 saturated heterocycles. The van der Waals surface area contributed by atoms with E-state index in [0.717, 1.165) is 18.0 Å². The fraction of sp³-hybridized carbons (Fsp3) is 0.500. The normalized spacial score (nSPS) is 17.2. The molecule has 4 heteroatoms. The van der Waals surface area contributed by atoms with E-state index in [0.29, 0.717) is 6.04 Å². The maximum absolute atomic E-state index is 4.21. The van der Waals surface area contributed by atoms with Crippen molar-refractivity contribution < 1.29 is 0 Å². The summed E-state index contributed by atoms with van der Waals surface area (Å²) in [6.45, 7) is 0.815. The quantitative estimate of drug-likeness (QED) is 0.850. The minimum Gasteiger partial charge on any atom is -0.307 e. The number of nitrogens with one attached hydrogen (secondary N) is 1. The Morgan fingerprint density at radius 2 is 2.12 bits per heavy atom. The lowest BCUT2D eigenvalue weighted by atomic mass is 10.2. The number of hydrogen-bond donors (Lipinski definition) is 1. The van der Waals surface area contributed by atoms with Crippen LogP contribution in [0.15, 0.2) is 24.4 Å². The molecule has 2 aromatic heterocycles. The molecule has 0 atom stereocenters. The van der Waals surface area contributed by atoms with Gasteiger partial charge in [0.2, 0.25) is 0 Å². The summed E-state index contributed by atoms with van der Waals surface area (Å²) >= 11 is 0. The molecule has 1 aliphatic carbocycles. The summed E-state index contributed by atoms with van der Waals surface area (Å²) < 4.78 is 2.04. The molecule has 0 spiro atoms. The highest BCUT2D eigenvalue weighted by Gasteiger charge is 2.15. The van der Waals surface area contributed by atoms with E-state index in [4.69, 9.17) is 0 Å². The lowest BCUT2D eigenvalue weighted by Crippen LogP contribution is -2.26. The molecule has 4 nitrogen and oxygen atoms in total. The van der Waals surface area contributed by atoms with E-state index in [-0.39, 0.29) is 0 Å². The van der Waals surface area contributed by atoms with Gasteiger partial charge in [-0.25, -0.2) is 0 Å². The van der Waals surface area contributed by atoms with E-state index in [2.05, 4.69) is 15.5 Å². The van der Waals surface area contributed by atoms with E-state index in [1.807, 2.05) is 28.8 Å².